The van der Waals surface area contributed by atoms with Crippen LogP contribution in [0.3, 0.4) is 0 Å². The molecule has 1 aromatic heterocycles. The highest BCUT2D eigenvalue weighted by atomic mass is 35.5. The number of anilines is 1. The number of fused-ring (bicyclic) bond motifs is 1. The van der Waals surface area contributed by atoms with Crippen LogP contribution in [0, 0.1) is 0 Å². The van der Waals surface area contributed by atoms with E-state index < -0.39 is 0 Å². The maximum atomic E-state index is 5.89. The summed E-state index contributed by atoms with van der Waals surface area (Å²) in [6.45, 7) is 0. The van der Waals surface area contributed by atoms with Crippen molar-refractivity contribution in [2.75, 3.05) is 5.43 Å². The van der Waals surface area contributed by atoms with Gasteiger partial charge in [0.15, 0.2) is 0 Å². The number of hydrogen-bond donors (Lipinski definition) is 2. The Bertz CT molecular complexity index is 700. The molecule has 5 heteroatoms. The van der Waals surface area contributed by atoms with Crippen molar-refractivity contribution in [3.05, 3.63) is 59.1 Å². The lowest BCUT2D eigenvalue weighted by Gasteiger charge is -1.95. The van der Waals surface area contributed by atoms with Crippen molar-refractivity contribution in [3.63, 3.8) is 0 Å². The van der Waals surface area contributed by atoms with Gasteiger partial charge in [-0.1, -0.05) is 35.9 Å². The SMILES string of the molecule is Clc1cccc(C=NNc2nc3ccccc3[nH]2)c1. The van der Waals surface area contributed by atoms with Gasteiger partial charge in [0.05, 0.1) is 17.2 Å². The van der Waals surface area contributed by atoms with Crippen LogP contribution in [-0.2, 0) is 0 Å². The molecule has 0 amide bonds. The number of H-pyrrole nitrogens is 1. The van der Waals surface area contributed by atoms with Crippen molar-refractivity contribution in [2.45, 2.75) is 0 Å². The summed E-state index contributed by atoms with van der Waals surface area (Å²) in [5, 5.41) is 4.81. The van der Waals surface area contributed by atoms with E-state index in [1.807, 2.05) is 48.5 Å². The normalized spacial score (nSPS) is 11.2. The van der Waals surface area contributed by atoms with Crippen LogP contribution in [0.5, 0.6) is 0 Å². The minimum atomic E-state index is 0.611. The third kappa shape index (κ3) is 2.74. The van der Waals surface area contributed by atoms with Gasteiger partial charge >= 0.3 is 0 Å². The van der Waals surface area contributed by atoms with E-state index in [1.54, 1.807) is 6.21 Å². The fourth-order valence-corrected chi connectivity index (χ4v) is 1.96. The molecule has 3 rings (SSSR count). The van der Waals surface area contributed by atoms with Crippen LogP contribution in [0.15, 0.2) is 53.6 Å². The van der Waals surface area contributed by atoms with Crippen LogP contribution in [0.1, 0.15) is 5.56 Å². The fourth-order valence-electron chi connectivity index (χ4n) is 1.76. The molecule has 3 aromatic rings. The van der Waals surface area contributed by atoms with E-state index in [1.165, 1.54) is 0 Å². The molecule has 2 N–H and O–H groups in total. The lowest BCUT2D eigenvalue weighted by molar-refractivity contribution is 1.21. The number of nitrogens with one attached hydrogen (secondary N) is 2. The summed E-state index contributed by atoms with van der Waals surface area (Å²) in [6.07, 6.45) is 1.69. The Morgan fingerprint density at radius 2 is 2.05 bits per heavy atom. The second-order valence-corrected chi connectivity index (χ2v) is 4.46. The summed E-state index contributed by atoms with van der Waals surface area (Å²) in [5.74, 6) is 0.611. The van der Waals surface area contributed by atoms with Gasteiger partial charge in [-0.2, -0.15) is 5.10 Å². The van der Waals surface area contributed by atoms with Crippen molar-refractivity contribution >= 4 is 34.8 Å². The van der Waals surface area contributed by atoms with Gasteiger partial charge < -0.3 is 4.98 Å². The molecule has 1 heterocycles. The average Bonchev–Trinajstić information content (AvgIpc) is 2.81. The topological polar surface area (TPSA) is 53.1 Å². The number of para-hydroxylation sites is 2. The van der Waals surface area contributed by atoms with Crippen LogP contribution >= 0.6 is 11.6 Å². The molecule has 0 aliphatic rings. The monoisotopic (exact) mass is 270 g/mol. The predicted octanol–water partition coefficient (Wildman–Crippen LogP) is 3.66. The number of benzene rings is 2. The first-order chi connectivity index (χ1) is 9.31. The molecule has 0 unspecified atom stereocenters. The molecule has 94 valence electrons. The molecule has 0 saturated heterocycles. The zero-order valence-corrected chi connectivity index (χ0v) is 10.7. The van der Waals surface area contributed by atoms with Crippen molar-refractivity contribution in [3.8, 4) is 0 Å². The van der Waals surface area contributed by atoms with Crippen molar-refractivity contribution in [1.82, 2.24) is 9.97 Å². The van der Waals surface area contributed by atoms with Gasteiger partial charge in [0.2, 0.25) is 5.95 Å². The highest BCUT2D eigenvalue weighted by molar-refractivity contribution is 6.30. The number of hydrogen-bond acceptors (Lipinski definition) is 3. The van der Waals surface area contributed by atoms with Crippen molar-refractivity contribution in [2.24, 2.45) is 5.10 Å². The standard InChI is InChI=1S/C14H11ClN4/c15-11-5-3-4-10(8-11)9-16-19-14-17-12-6-1-2-7-13(12)18-14/h1-9H,(H2,17,18,19). The van der Waals surface area contributed by atoms with Crippen LogP contribution in [0.2, 0.25) is 5.02 Å². The summed E-state index contributed by atoms with van der Waals surface area (Å²) in [7, 11) is 0. The van der Waals surface area contributed by atoms with Gasteiger partial charge in [0.25, 0.3) is 0 Å². The van der Waals surface area contributed by atoms with Crippen LogP contribution in [-0.4, -0.2) is 16.2 Å². The number of nitrogens with zero attached hydrogens (tertiary/aromatic N) is 2. The van der Waals surface area contributed by atoms with E-state index in [4.69, 9.17) is 11.6 Å². The van der Waals surface area contributed by atoms with E-state index in [0.717, 1.165) is 16.6 Å². The van der Waals surface area contributed by atoms with Crippen molar-refractivity contribution in [1.29, 1.82) is 0 Å². The van der Waals surface area contributed by atoms with Gasteiger partial charge in [-0.15, -0.1) is 0 Å². The molecule has 0 fully saturated rings. The lowest BCUT2D eigenvalue weighted by Crippen LogP contribution is -1.92. The summed E-state index contributed by atoms with van der Waals surface area (Å²) < 4.78 is 0. The smallest absolute Gasteiger partial charge is 0.222 e. The molecule has 0 spiro atoms. The Hall–Kier alpha value is -2.33. The van der Waals surface area contributed by atoms with E-state index >= 15 is 0 Å². The van der Waals surface area contributed by atoms with E-state index in [-0.39, 0.29) is 0 Å². The summed E-state index contributed by atoms with van der Waals surface area (Å²) in [6, 6.07) is 15.3. The minimum absolute atomic E-state index is 0.611. The van der Waals surface area contributed by atoms with Crippen LogP contribution in [0.4, 0.5) is 5.95 Å². The molecule has 0 aliphatic carbocycles. The predicted molar refractivity (Wildman–Crippen MR) is 78.8 cm³/mol. The van der Waals surface area contributed by atoms with E-state index in [9.17, 15) is 0 Å². The summed E-state index contributed by atoms with van der Waals surface area (Å²) in [4.78, 5) is 7.49. The fraction of sp³-hybridized carbons (Fsp3) is 0. The molecular formula is C14H11ClN4. The molecule has 2 aromatic carbocycles. The van der Waals surface area contributed by atoms with E-state index in [0.29, 0.717) is 11.0 Å². The Morgan fingerprint density at radius 1 is 1.16 bits per heavy atom. The Labute approximate surface area is 115 Å². The first-order valence-corrected chi connectivity index (χ1v) is 6.18. The van der Waals surface area contributed by atoms with Gasteiger partial charge in [-0.3, -0.25) is 0 Å². The van der Waals surface area contributed by atoms with E-state index in [2.05, 4.69) is 20.5 Å². The molecule has 0 bridgehead atoms. The Morgan fingerprint density at radius 3 is 2.89 bits per heavy atom. The maximum Gasteiger partial charge on any atom is 0.222 e. The third-order valence-electron chi connectivity index (χ3n) is 2.62. The molecule has 0 radical (unpaired) electrons. The molecule has 0 atom stereocenters. The number of hydrazone groups is 1. The Balaban J connectivity index is 1.75. The Kier molecular flexibility index (Phi) is 3.16. The van der Waals surface area contributed by atoms with Gasteiger partial charge in [0.1, 0.15) is 0 Å². The molecular weight excluding hydrogens is 260 g/mol. The zero-order chi connectivity index (χ0) is 13.1. The maximum absolute atomic E-state index is 5.89. The zero-order valence-electron chi connectivity index (χ0n) is 9.97. The van der Waals surface area contributed by atoms with Gasteiger partial charge in [0, 0.05) is 5.02 Å². The number of aromatic nitrogens is 2. The van der Waals surface area contributed by atoms with Crippen LogP contribution < -0.4 is 5.43 Å². The second kappa shape index (κ2) is 5.12. The lowest BCUT2D eigenvalue weighted by atomic mass is 10.2. The van der Waals surface area contributed by atoms with Crippen molar-refractivity contribution < 1.29 is 0 Å². The third-order valence-corrected chi connectivity index (χ3v) is 2.86. The largest absolute Gasteiger partial charge is 0.323 e. The summed E-state index contributed by atoms with van der Waals surface area (Å²) >= 11 is 5.89. The highest BCUT2D eigenvalue weighted by Crippen LogP contribution is 2.13. The molecule has 4 nitrogen and oxygen atoms in total. The second-order valence-electron chi connectivity index (χ2n) is 4.03. The number of aromatic amines is 1. The average molecular weight is 271 g/mol. The molecule has 0 saturated carbocycles. The van der Waals surface area contributed by atoms with Gasteiger partial charge in [-0.05, 0) is 29.8 Å². The first-order valence-electron chi connectivity index (χ1n) is 5.81. The first kappa shape index (κ1) is 11.7. The van der Waals surface area contributed by atoms with Crippen LogP contribution in [0.25, 0.3) is 11.0 Å². The molecule has 0 aliphatic heterocycles. The number of rotatable bonds is 3. The number of halogens is 1. The van der Waals surface area contributed by atoms with Gasteiger partial charge in [-0.25, -0.2) is 10.4 Å². The minimum Gasteiger partial charge on any atom is -0.323 e. The quantitative estimate of drug-likeness (QED) is 0.564. The number of imidazole rings is 1. The summed E-state index contributed by atoms with van der Waals surface area (Å²) in [5.41, 5.74) is 5.67. The molecule has 19 heavy (non-hydrogen) atoms. The highest BCUT2D eigenvalue weighted by Gasteiger charge is 1.99.